The number of hydrogen-bond donors (Lipinski definition) is 1. The molecule has 2 nitrogen and oxygen atoms in total. The largest absolute Gasteiger partial charge is 0.307 e. The van der Waals surface area contributed by atoms with Crippen LogP contribution >= 0.6 is 11.3 Å². The fraction of sp³-hybridized carbons (Fsp3) is 0.812. The minimum atomic E-state index is 0.678. The Morgan fingerprint density at radius 3 is 2.84 bits per heavy atom. The molecule has 1 aliphatic rings. The van der Waals surface area contributed by atoms with Crippen molar-refractivity contribution in [3.05, 3.63) is 16.1 Å². The van der Waals surface area contributed by atoms with Gasteiger partial charge in [0.2, 0.25) is 0 Å². The lowest BCUT2D eigenvalue weighted by atomic mass is 9.74. The van der Waals surface area contributed by atoms with E-state index in [0.717, 1.165) is 30.7 Å². The Labute approximate surface area is 122 Å². The summed E-state index contributed by atoms with van der Waals surface area (Å²) in [6.07, 6.45) is 7.25. The zero-order valence-corrected chi connectivity index (χ0v) is 13.6. The van der Waals surface area contributed by atoms with Crippen LogP contribution in [0.25, 0.3) is 0 Å². The lowest BCUT2D eigenvalue weighted by molar-refractivity contribution is 0.169. The summed E-state index contributed by atoms with van der Waals surface area (Å²) >= 11 is 1.86. The quantitative estimate of drug-likeness (QED) is 0.872. The molecule has 1 saturated carbocycles. The summed E-state index contributed by atoms with van der Waals surface area (Å²) in [6, 6.07) is 0.678. The summed E-state index contributed by atoms with van der Waals surface area (Å²) in [5.74, 6) is 2.49. The molecule has 1 N–H and O–H groups in total. The Kier molecular flexibility index (Phi) is 5.40. The first-order valence-electron chi connectivity index (χ1n) is 7.77. The molecule has 3 heteroatoms. The molecule has 0 bridgehead atoms. The minimum Gasteiger partial charge on any atom is -0.307 e. The fourth-order valence-corrected chi connectivity index (χ4v) is 4.06. The summed E-state index contributed by atoms with van der Waals surface area (Å²) in [5.41, 5.74) is 0. The molecule has 3 unspecified atom stereocenters. The number of aryl methyl sites for hydroxylation is 1. The van der Waals surface area contributed by atoms with Crippen LogP contribution in [0.15, 0.2) is 6.20 Å². The van der Waals surface area contributed by atoms with Crippen molar-refractivity contribution in [3.8, 4) is 0 Å². The van der Waals surface area contributed by atoms with Crippen LogP contribution in [0, 0.1) is 17.8 Å². The highest BCUT2D eigenvalue weighted by Crippen LogP contribution is 2.33. The molecule has 1 aromatic rings. The van der Waals surface area contributed by atoms with Gasteiger partial charge in [0.25, 0.3) is 0 Å². The van der Waals surface area contributed by atoms with Gasteiger partial charge in [0.15, 0.2) is 0 Å². The van der Waals surface area contributed by atoms with E-state index in [1.54, 1.807) is 0 Å². The summed E-state index contributed by atoms with van der Waals surface area (Å²) in [5, 5.41) is 5.03. The van der Waals surface area contributed by atoms with Gasteiger partial charge in [-0.3, -0.25) is 0 Å². The molecule has 1 aromatic heterocycles. The van der Waals surface area contributed by atoms with Crippen LogP contribution < -0.4 is 5.32 Å². The number of nitrogens with one attached hydrogen (secondary N) is 1. The van der Waals surface area contributed by atoms with E-state index in [1.807, 2.05) is 17.5 Å². The first-order chi connectivity index (χ1) is 9.10. The van der Waals surface area contributed by atoms with Crippen LogP contribution in [0.2, 0.25) is 0 Å². The van der Waals surface area contributed by atoms with Crippen molar-refractivity contribution in [2.24, 2.45) is 17.8 Å². The third-order valence-electron chi connectivity index (χ3n) is 4.49. The maximum atomic E-state index is 4.52. The van der Waals surface area contributed by atoms with Crippen molar-refractivity contribution in [1.82, 2.24) is 10.3 Å². The Bertz CT molecular complexity index is 386. The Morgan fingerprint density at radius 2 is 2.21 bits per heavy atom. The van der Waals surface area contributed by atoms with Gasteiger partial charge in [-0.05, 0) is 37.0 Å². The molecular weight excluding hydrogens is 252 g/mol. The summed E-state index contributed by atoms with van der Waals surface area (Å²) in [6.45, 7) is 10.3. The van der Waals surface area contributed by atoms with E-state index >= 15 is 0 Å². The Morgan fingerprint density at radius 1 is 1.42 bits per heavy atom. The summed E-state index contributed by atoms with van der Waals surface area (Å²) in [7, 11) is 0. The van der Waals surface area contributed by atoms with Crippen molar-refractivity contribution in [1.29, 1.82) is 0 Å². The van der Waals surface area contributed by atoms with Crippen molar-refractivity contribution in [3.63, 3.8) is 0 Å². The van der Waals surface area contributed by atoms with Gasteiger partial charge < -0.3 is 5.32 Å². The van der Waals surface area contributed by atoms with Gasteiger partial charge in [0, 0.05) is 23.7 Å². The van der Waals surface area contributed by atoms with E-state index in [4.69, 9.17) is 0 Å². The third kappa shape index (κ3) is 4.03. The molecule has 3 atom stereocenters. The van der Waals surface area contributed by atoms with Gasteiger partial charge >= 0.3 is 0 Å². The van der Waals surface area contributed by atoms with Crippen LogP contribution in [-0.2, 0) is 13.0 Å². The molecule has 0 saturated heterocycles. The monoisotopic (exact) mass is 280 g/mol. The van der Waals surface area contributed by atoms with Crippen LogP contribution in [0.1, 0.15) is 56.8 Å². The normalized spacial score (nSPS) is 27.9. The second kappa shape index (κ2) is 6.85. The minimum absolute atomic E-state index is 0.678. The van der Waals surface area contributed by atoms with Gasteiger partial charge in [-0.2, -0.15) is 0 Å². The van der Waals surface area contributed by atoms with Crippen molar-refractivity contribution in [2.75, 3.05) is 0 Å². The fourth-order valence-electron chi connectivity index (χ4n) is 3.25. The SMILES string of the molecule is CCc1cnc(CNC2CC(C)CCC2C(C)C)s1. The molecule has 0 radical (unpaired) electrons. The van der Waals surface area contributed by atoms with E-state index in [0.29, 0.717) is 6.04 Å². The maximum Gasteiger partial charge on any atom is 0.107 e. The molecule has 2 rings (SSSR count). The highest BCUT2D eigenvalue weighted by atomic mass is 32.1. The number of aromatic nitrogens is 1. The molecule has 0 aliphatic heterocycles. The van der Waals surface area contributed by atoms with Crippen LogP contribution in [0.3, 0.4) is 0 Å². The van der Waals surface area contributed by atoms with Gasteiger partial charge in [-0.1, -0.05) is 34.1 Å². The molecule has 0 amide bonds. The second-order valence-corrected chi connectivity index (χ2v) is 7.59. The van der Waals surface area contributed by atoms with Crippen LogP contribution in [-0.4, -0.2) is 11.0 Å². The van der Waals surface area contributed by atoms with Gasteiger partial charge in [0.1, 0.15) is 5.01 Å². The van der Waals surface area contributed by atoms with Gasteiger partial charge in [0.05, 0.1) is 0 Å². The van der Waals surface area contributed by atoms with Crippen molar-refractivity contribution in [2.45, 2.75) is 66.0 Å². The average Bonchev–Trinajstić information content (AvgIpc) is 2.84. The van der Waals surface area contributed by atoms with Gasteiger partial charge in [-0.25, -0.2) is 4.98 Å². The maximum absolute atomic E-state index is 4.52. The Hall–Kier alpha value is -0.410. The number of hydrogen-bond acceptors (Lipinski definition) is 3. The molecule has 0 spiro atoms. The van der Waals surface area contributed by atoms with E-state index < -0.39 is 0 Å². The molecular formula is C16H28N2S. The lowest BCUT2D eigenvalue weighted by Gasteiger charge is -2.37. The molecule has 108 valence electrons. The highest BCUT2D eigenvalue weighted by molar-refractivity contribution is 7.11. The van der Waals surface area contributed by atoms with Crippen molar-refractivity contribution < 1.29 is 0 Å². The smallest absolute Gasteiger partial charge is 0.107 e. The predicted molar refractivity (Wildman–Crippen MR) is 83.5 cm³/mol. The number of thiazole rings is 1. The van der Waals surface area contributed by atoms with Crippen molar-refractivity contribution >= 4 is 11.3 Å². The van der Waals surface area contributed by atoms with Crippen LogP contribution in [0.5, 0.6) is 0 Å². The molecule has 0 aromatic carbocycles. The highest BCUT2D eigenvalue weighted by Gasteiger charge is 2.30. The average molecular weight is 280 g/mol. The summed E-state index contributed by atoms with van der Waals surface area (Å²) < 4.78 is 0. The second-order valence-electron chi connectivity index (χ2n) is 6.39. The molecule has 1 aliphatic carbocycles. The zero-order chi connectivity index (χ0) is 13.8. The first kappa shape index (κ1) is 15.0. The third-order valence-corrected chi connectivity index (χ3v) is 5.63. The van der Waals surface area contributed by atoms with E-state index in [9.17, 15) is 0 Å². The Balaban J connectivity index is 1.91. The lowest BCUT2D eigenvalue weighted by Crippen LogP contribution is -2.42. The predicted octanol–water partition coefficient (Wildman–Crippen LogP) is 4.26. The van der Waals surface area contributed by atoms with Gasteiger partial charge in [-0.15, -0.1) is 11.3 Å². The zero-order valence-electron chi connectivity index (χ0n) is 12.8. The molecule has 1 heterocycles. The molecule has 19 heavy (non-hydrogen) atoms. The topological polar surface area (TPSA) is 24.9 Å². The standard InChI is InChI=1S/C16H28N2S/c1-5-13-9-18-16(19-13)10-17-15-8-12(4)6-7-14(15)11(2)3/h9,11-12,14-15,17H,5-8,10H2,1-4H3. The molecule has 1 fully saturated rings. The van der Waals surface area contributed by atoms with E-state index in [-0.39, 0.29) is 0 Å². The number of rotatable bonds is 5. The van der Waals surface area contributed by atoms with E-state index in [1.165, 1.54) is 29.1 Å². The van der Waals surface area contributed by atoms with Crippen LogP contribution in [0.4, 0.5) is 0 Å². The number of nitrogens with zero attached hydrogens (tertiary/aromatic N) is 1. The first-order valence-corrected chi connectivity index (χ1v) is 8.58. The summed E-state index contributed by atoms with van der Waals surface area (Å²) in [4.78, 5) is 5.91. The van der Waals surface area contributed by atoms with E-state index in [2.05, 4.69) is 38.0 Å².